The second-order valence-corrected chi connectivity index (χ2v) is 8.24. The summed E-state index contributed by atoms with van der Waals surface area (Å²) >= 11 is 1.50. The van der Waals surface area contributed by atoms with Crippen LogP contribution in [0.2, 0.25) is 0 Å². The van der Waals surface area contributed by atoms with E-state index in [1.54, 1.807) is 12.1 Å². The molecule has 0 atom stereocenters. The molecule has 3 rings (SSSR count). The van der Waals surface area contributed by atoms with E-state index >= 15 is 0 Å². The summed E-state index contributed by atoms with van der Waals surface area (Å²) in [5.41, 5.74) is 3.78. The van der Waals surface area contributed by atoms with Crippen molar-refractivity contribution in [2.24, 2.45) is 4.99 Å². The van der Waals surface area contributed by atoms with Gasteiger partial charge in [0.2, 0.25) is 5.75 Å². The van der Waals surface area contributed by atoms with Gasteiger partial charge in [0.1, 0.15) is 0 Å². The number of fused-ring (bicyclic) bond motifs is 1. The summed E-state index contributed by atoms with van der Waals surface area (Å²) in [6.45, 7) is 15.6. The number of carbonyl (C=O) groups excluding carboxylic acids is 1. The molecule has 0 aliphatic rings. The Morgan fingerprint density at radius 3 is 2.22 bits per heavy atom. The standard InChI is InChI=1S/C25H30N2O4S/c1-7-11-27-22-17(6)12-16(5)13-21(22)32-25(27)26-24(28)18-14-19(29-8-2)23(31-10-4)20(15-18)30-9-3/h7,12-15H,1,8-11H2,2-6H3. The predicted octanol–water partition coefficient (Wildman–Crippen LogP) is 5.44. The average molecular weight is 455 g/mol. The fourth-order valence-electron chi connectivity index (χ4n) is 3.64. The summed E-state index contributed by atoms with van der Waals surface area (Å²) in [7, 11) is 0. The Hall–Kier alpha value is -3.06. The Bertz CT molecular complexity index is 1180. The Kier molecular flexibility index (Phi) is 7.75. The molecule has 0 saturated heterocycles. The largest absolute Gasteiger partial charge is 0.490 e. The molecular formula is C25H30N2O4S. The summed E-state index contributed by atoms with van der Waals surface area (Å²) in [5.74, 6) is 1.08. The number of amides is 1. The van der Waals surface area contributed by atoms with Crippen LogP contribution in [0.15, 0.2) is 41.9 Å². The number of hydrogen-bond donors (Lipinski definition) is 0. The number of carbonyl (C=O) groups is 1. The van der Waals surface area contributed by atoms with Crippen molar-refractivity contribution in [1.82, 2.24) is 4.57 Å². The summed E-state index contributed by atoms with van der Waals surface area (Å²) in [6.07, 6.45) is 1.81. The third-order valence-electron chi connectivity index (χ3n) is 4.78. The van der Waals surface area contributed by atoms with Crippen LogP contribution in [0.5, 0.6) is 17.2 Å². The molecule has 0 fully saturated rings. The lowest BCUT2D eigenvalue weighted by atomic mass is 10.1. The SMILES string of the molecule is C=CCn1c(=NC(=O)c2cc(OCC)c(OCC)c(OCC)c2)sc2cc(C)cc(C)c21. The molecule has 3 aromatic rings. The number of aryl methyl sites for hydroxylation is 2. The van der Waals surface area contributed by atoms with E-state index in [9.17, 15) is 4.79 Å². The minimum Gasteiger partial charge on any atom is -0.490 e. The van der Waals surface area contributed by atoms with Gasteiger partial charge in [-0.2, -0.15) is 4.99 Å². The summed E-state index contributed by atoms with van der Waals surface area (Å²) in [4.78, 5) is 18.3. The number of ether oxygens (including phenoxy) is 3. The smallest absolute Gasteiger partial charge is 0.279 e. The van der Waals surface area contributed by atoms with Gasteiger partial charge in [-0.3, -0.25) is 4.79 Å². The second-order valence-electron chi connectivity index (χ2n) is 7.23. The Balaban J connectivity index is 2.17. The van der Waals surface area contributed by atoms with Crippen LogP contribution in [0, 0.1) is 13.8 Å². The minimum atomic E-state index is -0.367. The molecular weight excluding hydrogens is 424 g/mol. The van der Waals surface area contributed by atoms with Crippen molar-refractivity contribution in [2.45, 2.75) is 41.2 Å². The highest BCUT2D eigenvalue weighted by Crippen LogP contribution is 2.39. The van der Waals surface area contributed by atoms with E-state index in [2.05, 4.69) is 37.6 Å². The molecule has 170 valence electrons. The number of benzene rings is 2. The van der Waals surface area contributed by atoms with E-state index in [-0.39, 0.29) is 5.91 Å². The number of rotatable bonds is 9. The van der Waals surface area contributed by atoms with E-state index in [4.69, 9.17) is 14.2 Å². The topological polar surface area (TPSA) is 62.1 Å². The van der Waals surface area contributed by atoms with Crippen LogP contribution in [0.25, 0.3) is 10.2 Å². The van der Waals surface area contributed by atoms with Crippen molar-refractivity contribution in [3.8, 4) is 17.2 Å². The highest BCUT2D eigenvalue weighted by molar-refractivity contribution is 7.16. The van der Waals surface area contributed by atoms with Crippen LogP contribution in [-0.4, -0.2) is 30.3 Å². The first-order valence-corrected chi connectivity index (χ1v) is 11.6. The minimum absolute atomic E-state index is 0.367. The molecule has 32 heavy (non-hydrogen) atoms. The van der Waals surface area contributed by atoms with E-state index in [1.165, 1.54) is 16.9 Å². The van der Waals surface area contributed by atoms with Gasteiger partial charge in [0.25, 0.3) is 5.91 Å². The van der Waals surface area contributed by atoms with Crippen molar-refractivity contribution >= 4 is 27.5 Å². The lowest BCUT2D eigenvalue weighted by Crippen LogP contribution is -2.17. The van der Waals surface area contributed by atoms with Gasteiger partial charge in [-0.25, -0.2) is 0 Å². The zero-order valence-corrected chi connectivity index (χ0v) is 20.2. The molecule has 0 unspecified atom stereocenters. The highest BCUT2D eigenvalue weighted by Gasteiger charge is 2.19. The second kappa shape index (κ2) is 10.5. The molecule has 0 saturated carbocycles. The van der Waals surface area contributed by atoms with Crippen LogP contribution in [-0.2, 0) is 6.54 Å². The van der Waals surface area contributed by atoms with Crippen molar-refractivity contribution in [3.05, 3.63) is 58.4 Å². The molecule has 0 N–H and O–H groups in total. The van der Waals surface area contributed by atoms with Crippen molar-refractivity contribution < 1.29 is 19.0 Å². The van der Waals surface area contributed by atoms with Gasteiger partial charge in [-0.1, -0.05) is 23.5 Å². The van der Waals surface area contributed by atoms with E-state index in [0.717, 1.165) is 15.8 Å². The summed E-state index contributed by atoms with van der Waals surface area (Å²) < 4.78 is 20.3. The van der Waals surface area contributed by atoms with Crippen molar-refractivity contribution in [1.29, 1.82) is 0 Å². The number of aromatic nitrogens is 1. The molecule has 0 aliphatic carbocycles. The van der Waals surface area contributed by atoms with Crippen LogP contribution in [0.4, 0.5) is 0 Å². The molecule has 2 aromatic carbocycles. The molecule has 1 aromatic heterocycles. The first-order chi connectivity index (χ1) is 15.4. The molecule has 7 heteroatoms. The normalized spacial score (nSPS) is 11.6. The van der Waals surface area contributed by atoms with Gasteiger partial charge >= 0.3 is 0 Å². The van der Waals surface area contributed by atoms with Crippen LogP contribution >= 0.6 is 11.3 Å². The predicted molar refractivity (Wildman–Crippen MR) is 129 cm³/mol. The van der Waals surface area contributed by atoms with Gasteiger partial charge in [-0.15, -0.1) is 6.58 Å². The Labute approximate surface area is 192 Å². The molecule has 6 nitrogen and oxygen atoms in total. The summed E-state index contributed by atoms with van der Waals surface area (Å²) in [5, 5.41) is 0. The zero-order chi connectivity index (χ0) is 23.3. The van der Waals surface area contributed by atoms with Gasteiger partial charge in [-0.05, 0) is 63.9 Å². The first kappa shape index (κ1) is 23.6. The fraction of sp³-hybridized carbons (Fsp3) is 0.360. The third kappa shape index (κ3) is 4.88. The fourth-order valence-corrected chi connectivity index (χ4v) is 4.85. The van der Waals surface area contributed by atoms with Crippen molar-refractivity contribution in [2.75, 3.05) is 19.8 Å². The lowest BCUT2D eigenvalue weighted by Gasteiger charge is -2.16. The quantitative estimate of drug-likeness (QED) is 0.404. The molecule has 0 bridgehead atoms. The zero-order valence-electron chi connectivity index (χ0n) is 19.4. The van der Waals surface area contributed by atoms with Crippen LogP contribution in [0.3, 0.4) is 0 Å². The van der Waals surface area contributed by atoms with Gasteiger partial charge in [0, 0.05) is 12.1 Å². The van der Waals surface area contributed by atoms with E-state index in [1.807, 2.05) is 31.4 Å². The Morgan fingerprint density at radius 2 is 1.66 bits per heavy atom. The maximum atomic E-state index is 13.2. The maximum Gasteiger partial charge on any atom is 0.279 e. The van der Waals surface area contributed by atoms with E-state index in [0.29, 0.717) is 54.0 Å². The van der Waals surface area contributed by atoms with Crippen LogP contribution < -0.4 is 19.0 Å². The van der Waals surface area contributed by atoms with E-state index < -0.39 is 0 Å². The Morgan fingerprint density at radius 1 is 1.03 bits per heavy atom. The number of allylic oxidation sites excluding steroid dienone is 1. The molecule has 0 aliphatic heterocycles. The van der Waals surface area contributed by atoms with Gasteiger partial charge < -0.3 is 18.8 Å². The maximum absolute atomic E-state index is 13.2. The third-order valence-corrected chi connectivity index (χ3v) is 5.80. The first-order valence-electron chi connectivity index (χ1n) is 10.8. The van der Waals surface area contributed by atoms with Gasteiger partial charge in [0.05, 0.1) is 30.0 Å². The highest BCUT2D eigenvalue weighted by atomic mass is 32.1. The van der Waals surface area contributed by atoms with Crippen LogP contribution in [0.1, 0.15) is 42.3 Å². The number of hydrogen-bond acceptors (Lipinski definition) is 5. The lowest BCUT2D eigenvalue weighted by molar-refractivity contribution is 0.0996. The monoisotopic (exact) mass is 454 g/mol. The number of nitrogens with zero attached hydrogens (tertiary/aromatic N) is 2. The van der Waals surface area contributed by atoms with Gasteiger partial charge in [0.15, 0.2) is 16.3 Å². The average Bonchev–Trinajstić information content (AvgIpc) is 3.07. The molecule has 0 spiro atoms. The molecule has 1 heterocycles. The van der Waals surface area contributed by atoms with Crippen molar-refractivity contribution in [3.63, 3.8) is 0 Å². The summed E-state index contributed by atoms with van der Waals surface area (Å²) in [6, 6.07) is 7.59. The number of thiazole rings is 1. The molecule has 1 amide bonds. The molecule has 0 radical (unpaired) electrons.